The van der Waals surface area contributed by atoms with Gasteiger partial charge in [0.1, 0.15) is 5.82 Å². The number of esters is 1. The summed E-state index contributed by atoms with van der Waals surface area (Å²) in [7, 11) is 1.34. The molecule has 0 aromatic carbocycles. The van der Waals surface area contributed by atoms with Gasteiger partial charge in [-0.05, 0) is 18.4 Å². The molecule has 1 aromatic heterocycles. The number of nitrogens with one attached hydrogen (secondary N) is 1. The van der Waals surface area contributed by atoms with Gasteiger partial charge in [-0.15, -0.1) is 0 Å². The summed E-state index contributed by atoms with van der Waals surface area (Å²) in [5.74, 6) is 0.956. The highest BCUT2D eigenvalue weighted by molar-refractivity contribution is 5.97. The molecule has 0 aliphatic heterocycles. The van der Waals surface area contributed by atoms with Crippen LogP contribution >= 0.6 is 0 Å². The maximum absolute atomic E-state index is 11.5. The van der Waals surface area contributed by atoms with Gasteiger partial charge in [0.25, 0.3) is 0 Å². The van der Waals surface area contributed by atoms with E-state index >= 15 is 0 Å². The first-order valence-electron chi connectivity index (χ1n) is 6.79. The first-order valence-corrected chi connectivity index (χ1v) is 6.79. The van der Waals surface area contributed by atoms with Crippen molar-refractivity contribution < 1.29 is 9.53 Å². The first-order chi connectivity index (χ1) is 9.22. The van der Waals surface area contributed by atoms with Crippen molar-refractivity contribution in [2.24, 2.45) is 5.92 Å². The number of nitrogens with two attached hydrogens (primary N) is 1. The van der Waals surface area contributed by atoms with Gasteiger partial charge in [0.05, 0.1) is 18.4 Å². The van der Waals surface area contributed by atoms with Gasteiger partial charge < -0.3 is 15.8 Å². The Bertz CT molecular complexity index is 442. The lowest BCUT2D eigenvalue weighted by Crippen LogP contribution is -2.13. The van der Waals surface area contributed by atoms with Crippen molar-refractivity contribution >= 4 is 17.5 Å². The Morgan fingerprint density at radius 2 is 2.26 bits per heavy atom. The van der Waals surface area contributed by atoms with Crippen LogP contribution in [-0.2, 0) is 4.74 Å². The molecule has 1 heterocycles. The van der Waals surface area contributed by atoms with Crippen LogP contribution in [0.4, 0.5) is 11.5 Å². The van der Waals surface area contributed by atoms with Gasteiger partial charge in [0.15, 0.2) is 0 Å². The lowest BCUT2D eigenvalue weighted by atomic mass is 10.0. The lowest BCUT2D eigenvalue weighted by Gasteiger charge is -2.13. The molecule has 5 nitrogen and oxygen atoms in total. The summed E-state index contributed by atoms with van der Waals surface area (Å²) in [6, 6.07) is 1.57. The minimum Gasteiger partial charge on any atom is -0.465 e. The van der Waals surface area contributed by atoms with Crippen molar-refractivity contribution in [2.45, 2.75) is 32.1 Å². The zero-order chi connectivity index (χ0) is 13.7. The molecule has 0 saturated heterocycles. The minimum absolute atomic E-state index is 0.362. The summed E-state index contributed by atoms with van der Waals surface area (Å²) in [5, 5.41) is 3.22. The fourth-order valence-corrected chi connectivity index (χ4v) is 2.60. The largest absolute Gasteiger partial charge is 0.465 e. The summed E-state index contributed by atoms with van der Waals surface area (Å²) >= 11 is 0. The van der Waals surface area contributed by atoms with Crippen molar-refractivity contribution in [3.8, 4) is 0 Å². The summed E-state index contributed by atoms with van der Waals surface area (Å²) in [6.07, 6.45) is 8.05. The third kappa shape index (κ3) is 3.36. The van der Waals surface area contributed by atoms with Crippen LogP contribution in [0.1, 0.15) is 42.5 Å². The molecule has 5 heteroatoms. The van der Waals surface area contributed by atoms with E-state index in [4.69, 9.17) is 5.73 Å². The van der Waals surface area contributed by atoms with Gasteiger partial charge in [-0.1, -0.05) is 25.7 Å². The topological polar surface area (TPSA) is 77.2 Å². The highest BCUT2D eigenvalue weighted by Crippen LogP contribution is 2.28. The number of pyridine rings is 1. The van der Waals surface area contributed by atoms with Gasteiger partial charge in [0, 0.05) is 12.7 Å². The van der Waals surface area contributed by atoms with Crippen LogP contribution < -0.4 is 11.1 Å². The van der Waals surface area contributed by atoms with E-state index in [9.17, 15) is 4.79 Å². The number of nitrogen functional groups attached to an aromatic ring is 1. The zero-order valence-electron chi connectivity index (χ0n) is 11.3. The molecule has 0 unspecified atom stereocenters. The average molecular weight is 263 g/mol. The SMILES string of the molecule is COC(=O)c1ccnc(NCCC2CCCC2)c1N. The lowest BCUT2D eigenvalue weighted by molar-refractivity contribution is 0.0602. The molecule has 3 N–H and O–H groups in total. The van der Waals surface area contributed by atoms with Gasteiger partial charge in [-0.3, -0.25) is 0 Å². The molecule has 1 fully saturated rings. The number of rotatable bonds is 5. The fourth-order valence-electron chi connectivity index (χ4n) is 2.60. The fraction of sp³-hybridized carbons (Fsp3) is 0.571. The van der Waals surface area contributed by atoms with Crippen molar-refractivity contribution in [1.82, 2.24) is 4.98 Å². The highest BCUT2D eigenvalue weighted by Gasteiger charge is 2.16. The molecule has 2 rings (SSSR count). The molecule has 0 amide bonds. The second-order valence-electron chi connectivity index (χ2n) is 4.98. The van der Waals surface area contributed by atoms with Crippen LogP contribution in [0.15, 0.2) is 12.3 Å². The molecule has 1 aromatic rings. The van der Waals surface area contributed by atoms with Gasteiger partial charge >= 0.3 is 5.97 Å². The summed E-state index contributed by atoms with van der Waals surface area (Å²) < 4.78 is 4.68. The van der Waals surface area contributed by atoms with Gasteiger partial charge in [0.2, 0.25) is 0 Å². The molecule has 1 aliphatic carbocycles. The summed E-state index contributed by atoms with van der Waals surface area (Å²) in [5.41, 5.74) is 6.65. The molecule has 0 radical (unpaired) electrons. The molecule has 0 atom stereocenters. The van der Waals surface area contributed by atoms with Crippen molar-refractivity contribution in [1.29, 1.82) is 0 Å². The molecule has 0 bridgehead atoms. The Labute approximate surface area is 113 Å². The Balaban J connectivity index is 1.94. The predicted molar refractivity (Wildman–Crippen MR) is 75.1 cm³/mol. The van der Waals surface area contributed by atoms with Crippen LogP contribution in [0.5, 0.6) is 0 Å². The van der Waals surface area contributed by atoms with E-state index in [1.807, 2.05) is 0 Å². The maximum Gasteiger partial charge on any atom is 0.340 e. The Kier molecular flexibility index (Phi) is 4.60. The predicted octanol–water partition coefficient (Wildman–Crippen LogP) is 2.44. The molecular weight excluding hydrogens is 242 g/mol. The van der Waals surface area contributed by atoms with E-state index in [1.54, 1.807) is 12.3 Å². The quantitative estimate of drug-likeness (QED) is 0.798. The standard InChI is InChI=1S/C14H21N3O2/c1-19-14(18)11-7-9-17-13(12(11)15)16-8-6-10-4-2-3-5-10/h7,9-10H,2-6,8,15H2,1H3,(H,16,17). The third-order valence-corrected chi connectivity index (χ3v) is 3.72. The summed E-state index contributed by atoms with van der Waals surface area (Å²) in [6.45, 7) is 0.840. The van der Waals surface area contributed by atoms with Crippen molar-refractivity contribution in [3.63, 3.8) is 0 Å². The van der Waals surface area contributed by atoms with Gasteiger partial charge in [-0.2, -0.15) is 0 Å². The van der Waals surface area contributed by atoms with Crippen LogP contribution in [0, 0.1) is 5.92 Å². The molecule has 1 aliphatic rings. The number of aromatic nitrogens is 1. The Morgan fingerprint density at radius 3 is 2.95 bits per heavy atom. The van der Waals surface area contributed by atoms with Crippen molar-refractivity contribution in [3.05, 3.63) is 17.8 Å². The normalized spacial score (nSPS) is 15.4. The number of nitrogens with zero attached hydrogens (tertiary/aromatic N) is 1. The van der Waals surface area contributed by atoms with Crippen LogP contribution in [0.3, 0.4) is 0 Å². The van der Waals surface area contributed by atoms with Crippen LogP contribution in [0.2, 0.25) is 0 Å². The highest BCUT2D eigenvalue weighted by atomic mass is 16.5. The van der Waals surface area contributed by atoms with E-state index in [2.05, 4.69) is 15.0 Å². The average Bonchev–Trinajstić information content (AvgIpc) is 2.93. The minimum atomic E-state index is -0.432. The second-order valence-corrected chi connectivity index (χ2v) is 4.98. The van der Waals surface area contributed by atoms with E-state index < -0.39 is 5.97 Å². The second kappa shape index (κ2) is 6.41. The number of anilines is 2. The molecule has 1 saturated carbocycles. The Hall–Kier alpha value is -1.78. The number of hydrogen-bond donors (Lipinski definition) is 2. The number of hydrogen-bond acceptors (Lipinski definition) is 5. The van der Waals surface area contributed by atoms with Crippen LogP contribution in [0.25, 0.3) is 0 Å². The number of methoxy groups -OCH3 is 1. The van der Waals surface area contributed by atoms with Crippen LogP contribution in [-0.4, -0.2) is 24.6 Å². The van der Waals surface area contributed by atoms with Crippen molar-refractivity contribution in [2.75, 3.05) is 24.7 Å². The molecule has 104 valence electrons. The molecular formula is C14H21N3O2. The first kappa shape index (κ1) is 13.6. The number of ether oxygens (including phenoxy) is 1. The summed E-state index contributed by atoms with van der Waals surface area (Å²) in [4.78, 5) is 15.7. The number of carbonyl (C=O) groups is 1. The Morgan fingerprint density at radius 1 is 1.53 bits per heavy atom. The third-order valence-electron chi connectivity index (χ3n) is 3.72. The molecule has 19 heavy (non-hydrogen) atoms. The van der Waals surface area contributed by atoms with E-state index in [0.29, 0.717) is 17.1 Å². The maximum atomic E-state index is 11.5. The van der Waals surface area contributed by atoms with Gasteiger partial charge in [-0.25, -0.2) is 9.78 Å². The van der Waals surface area contributed by atoms with E-state index in [1.165, 1.54) is 32.8 Å². The number of carbonyl (C=O) groups excluding carboxylic acids is 1. The van der Waals surface area contributed by atoms with E-state index in [-0.39, 0.29) is 0 Å². The smallest absolute Gasteiger partial charge is 0.340 e. The molecule has 0 spiro atoms. The monoisotopic (exact) mass is 263 g/mol. The van der Waals surface area contributed by atoms with E-state index in [0.717, 1.165) is 18.9 Å². The zero-order valence-corrected chi connectivity index (χ0v) is 11.3.